The van der Waals surface area contributed by atoms with Crippen LogP contribution in [0.2, 0.25) is 0 Å². The first-order chi connectivity index (χ1) is 11.6. The SMILES string of the molecule is CO[C@@H](C#N)[C@H](OC(C)=O)[C@@H](OC(C)=O)[C@@H](COC(C)=O)OC(C)=O. The third-order valence-electron chi connectivity index (χ3n) is 2.74. The van der Waals surface area contributed by atoms with Crippen LogP contribution in [0.15, 0.2) is 0 Å². The Hall–Kier alpha value is -2.67. The number of carbonyl (C=O) groups is 4. The second-order valence-electron chi connectivity index (χ2n) is 4.88. The molecular weight excluding hydrogens is 338 g/mol. The summed E-state index contributed by atoms with van der Waals surface area (Å²) in [4.78, 5) is 45.2. The van der Waals surface area contributed by atoms with Gasteiger partial charge in [0.15, 0.2) is 24.4 Å². The summed E-state index contributed by atoms with van der Waals surface area (Å²) in [5, 5.41) is 9.17. The molecule has 0 N–H and O–H groups in total. The van der Waals surface area contributed by atoms with Crippen LogP contribution in [0.1, 0.15) is 27.7 Å². The predicted octanol–water partition coefficient (Wildman–Crippen LogP) is -0.117. The molecule has 0 spiro atoms. The molecule has 10 nitrogen and oxygen atoms in total. The molecule has 0 fully saturated rings. The maximum Gasteiger partial charge on any atom is 0.303 e. The fourth-order valence-electron chi connectivity index (χ4n) is 1.91. The van der Waals surface area contributed by atoms with E-state index in [0.717, 1.165) is 27.7 Å². The van der Waals surface area contributed by atoms with Crippen molar-refractivity contribution in [1.82, 2.24) is 0 Å². The Labute approximate surface area is 144 Å². The number of hydrogen-bond donors (Lipinski definition) is 0. The molecule has 0 radical (unpaired) electrons. The van der Waals surface area contributed by atoms with Crippen molar-refractivity contribution in [2.75, 3.05) is 13.7 Å². The predicted molar refractivity (Wildman–Crippen MR) is 79.7 cm³/mol. The number of esters is 4. The van der Waals surface area contributed by atoms with Gasteiger partial charge in [0, 0.05) is 34.8 Å². The van der Waals surface area contributed by atoms with Crippen LogP contribution < -0.4 is 0 Å². The van der Waals surface area contributed by atoms with Crippen LogP contribution in [-0.4, -0.2) is 62.0 Å². The summed E-state index contributed by atoms with van der Waals surface area (Å²) in [6.07, 6.45) is -5.50. The largest absolute Gasteiger partial charge is 0.462 e. The van der Waals surface area contributed by atoms with Gasteiger partial charge in [0.25, 0.3) is 0 Å². The van der Waals surface area contributed by atoms with Gasteiger partial charge in [-0.3, -0.25) is 19.2 Å². The smallest absolute Gasteiger partial charge is 0.303 e. The molecule has 0 saturated carbocycles. The van der Waals surface area contributed by atoms with Gasteiger partial charge in [-0.2, -0.15) is 5.26 Å². The molecule has 0 aliphatic heterocycles. The van der Waals surface area contributed by atoms with E-state index >= 15 is 0 Å². The zero-order chi connectivity index (χ0) is 19.6. The molecule has 0 unspecified atom stereocenters. The maximum absolute atomic E-state index is 11.4. The van der Waals surface area contributed by atoms with Gasteiger partial charge in [0.1, 0.15) is 6.61 Å². The molecule has 4 atom stereocenters. The molecular formula is C15H21NO9. The van der Waals surface area contributed by atoms with Crippen LogP contribution in [0.4, 0.5) is 0 Å². The van der Waals surface area contributed by atoms with Crippen molar-refractivity contribution in [1.29, 1.82) is 5.26 Å². The van der Waals surface area contributed by atoms with Gasteiger partial charge in [-0.1, -0.05) is 0 Å². The third kappa shape index (κ3) is 8.66. The van der Waals surface area contributed by atoms with E-state index in [-0.39, 0.29) is 0 Å². The van der Waals surface area contributed by atoms with Gasteiger partial charge in [0.05, 0.1) is 6.07 Å². The molecule has 0 saturated heterocycles. The molecule has 0 aromatic carbocycles. The monoisotopic (exact) mass is 359 g/mol. The molecule has 10 heteroatoms. The van der Waals surface area contributed by atoms with Gasteiger partial charge in [-0.15, -0.1) is 0 Å². The Balaban J connectivity index is 5.82. The molecule has 0 rings (SSSR count). The average Bonchev–Trinajstić information content (AvgIpc) is 2.48. The summed E-state index contributed by atoms with van der Waals surface area (Å²) >= 11 is 0. The standard InChI is InChI=1S/C15H21NO9/c1-8(17)22-7-13(23-9(2)18)15(25-11(4)20)14(24-10(3)19)12(6-16)21-5/h12-15H,7H2,1-5H3/t12-,13+,14-,15-/m0/s1. The fraction of sp³-hybridized carbons (Fsp3) is 0.667. The van der Waals surface area contributed by atoms with Crippen molar-refractivity contribution >= 4 is 23.9 Å². The van der Waals surface area contributed by atoms with Crippen molar-refractivity contribution in [3.05, 3.63) is 0 Å². The Kier molecular flexibility index (Phi) is 9.81. The second-order valence-corrected chi connectivity index (χ2v) is 4.88. The maximum atomic E-state index is 11.4. The van der Waals surface area contributed by atoms with Crippen molar-refractivity contribution in [3.8, 4) is 6.07 Å². The van der Waals surface area contributed by atoms with Crippen molar-refractivity contribution < 1.29 is 42.9 Å². The Morgan fingerprint density at radius 3 is 1.68 bits per heavy atom. The molecule has 25 heavy (non-hydrogen) atoms. The third-order valence-corrected chi connectivity index (χ3v) is 2.74. The van der Waals surface area contributed by atoms with Crippen LogP contribution in [0, 0.1) is 11.3 Å². The van der Waals surface area contributed by atoms with Gasteiger partial charge in [0.2, 0.25) is 0 Å². The van der Waals surface area contributed by atoms with E-state index in [1.807, 2.05) is 0 Å². The summed E-state index contributed by atoms with van der Waals surface area (Å²) in [6, 6.07) is 1.74. The summed E-state index contributed by atoms with van der Waals surface area (Å²) in [5.74, 6) is -3.02. The lowest BCUT2D eigenvalue weighted by Gasteiger charge is -2.33. The van der Waals surface area contributed by atoms with E-state index < -0.39 is 54.9 Å². The summed E-state index contributed by atoms with van der Waals surface area (Å²) in [6.45, 7) is 3.89. The van der Waals surface area contributed by atoms with E-state index in [2.05, 4.69) is 0 Å². The minimum Gasteiger partial charge on any atom is -0.462 e. The number of hydrogen-bond acceptors (Lipinski definition) is 10. The van der Waals surface area contributed by atoms with Crippen LogP contribution in [0.3, 0.4) is 0 Å². The fourth-order valence-corrected chi connectivity index (χ4v) is 1.91. The highest BCUT2D eigenvalue weighted by atomic mass is 16.6. The lowest BCUT2D eigenvalue weighted by Crippen LogP contribution is -2.52. The van der Waals surface area contributed by atoms with Crippen molar-refractivity contribution in [3.63, 3.8) is 0 Å². The van der Waals surface area contributed by atoms with Crippen LogP contribution in [0.25, 0.3) is 0 Å². The summed E-state index contributed by atoms with van der Waals surface area (Å²) < 4.78 is 24.9. The van der Waals surface area contributed by atoms with E-state index in [1.54, 1.807) is 6.07 Å². The number of methoxy groups -OCH3 is 1. The zero-order valence-electron chi connectivity index (χ0n) is 14.6. The quantitative estimate of drug-likeness (QED) is 0.404. The highest BCUT2D eigenvalue weighted by Crippen LogP contribution is 2.19. The molecule has 0 amide bonds. The molecule has 0 aliphatic carbocycles. The van der Waals surface area contributed by atoms with Gasteiger partial charge in [-0.05, 0) is 0 Å². The second kappa shape index (κ2) is 11.0. The van der Waals surface area contributed by atoms with Crippen LogP contribution in [0.5, 0.6) is 0 Å². The molecule has 0 bridgehead atoms. The normalized spacial score (nSPS) is 14.9. The lowest BCUT2D eigenvalue weighted by atomic mass is 10.0. The molecule has 0 heterocycles. The highest BCUT2D eigenvalue weighted by molar-refractivity contribution is 5.68. The average molecular weight is 359 g/mol. The number of carbonyl (C=O) groups excluding carboxylic acids is 4. The summed E-state index contributed by atoms with van der Waals surface area (Å²) in [7, 11) is 1.18. The highest BCUT2D eigenvalue weighted by Gasteiger charge is 2.42. The summed E-state index contributed by atoms with van der Waals surface area (Å²) in [5.41, 5.74) is 0. The van der Waals surface area contributed by atoms with Crippen molar-refractivity contribution in [2.24, 2.45) is 0 Å². The first-order valence-electron chi connectivity index (χ1n) is 7.19. The minimum absolute atomic E-state index is 0.480. The van der Waals surface area contributed by atoms with E-state index in [4.69, 9.17) is 23.7 Å². The molecule has 0 aromatic rings. The van der Waals surface area contributed by atoms with Crippen molar-refractivity contribution in [2.45, 2.75) is 52.1 Å². The van der Waals surface area contributed by atoms with Gasteiger partial charge < -0.3 is 23.7 Å². The Morgan fingerprint density at radius 1 is 0.840 bits per heavy atom. The Morgan fingerprint density at radius 2 is 1.32 bits per heavy atom. The number of nitriles is 1. The number of ether oxygens (including phenoxy) is 5. The number of nitrogens with zero attached hydrogens (tertiary/aromatic N) is 1. The zero-order valence-corrected chi connectivity index (χ0v) is 14.6. The van der Waals surface area contributed by atoms with Crippen LogP contribution in [-0.2, 0) is 42.9 Å². The van der Waals surface area contributed by atoms with E-state index in [0.29, 0.717) is 0 Å². The first-order valence-corrected chi connectivity index (χ1v) is 7.19. The first kappa shape index (κ1) is 22.3. The minimum atomic E-state index is -1.44. The molecule has 0 aromatic heterocycles. The Bertz CT molecular complexity index is 540. The number of rotatable bonds is 9. The molecule has 0 aliphatic rings. The van der Waals surface area contributed by atoms with Crippen LogP contribution >= 0.6 is 0 Å². The van der Waals surface area contributed by atoms with E-state index in [9.17, 15) is 24.4 Å². The van der Waals surface area contributed by atoms with Gasteiger partial charge in [-0.25, -0.2) is 0 Å². The van der Waals surface area contributed by atoms with Gasteiger partial charge >= 0.3 is 23.9 Å². The molecule has 140 valence electrons. The topological polar surface area (TPSA) is 138 Å². The van der Waals surface area contributed by atoms with E-state index in [1.165, 1.54) is 7.11 Å². The lowest BCUT2D eigenvalue weighted by molar-refractivity contribution is -0.196.